The molecule has 1 saturated heterocycles. The van der Waals surface area contributed by atoms with Gasteiger partial charge in [-0.15, -0.1) is 0 Å². The van der Waals surface area contributed by atoms with Crippen LogP contribution in [0, 0.1) is 0 Å². The van der Waals surface area contributed by atoms with Crippen molar-refractivity contribution in [2.24, 2.45) is 0 Å². The average Bonchev–Trinajstić information content (AvgIpc) is 2.84. The molecule has 172 valence electrons. The molecule has 3 heterocycles. The summed E-state index contributed by atoms with van der Waals surface area (Å²) in [5.74, 6) is -0.743. The molecule has 0 radical (unpaired) electrons. The van der Waals surface area contributed by atoms with Gasteiger partial charge in [-0.2, -0.15) is 4.98 Å². The minimum atomic E-state index is -1.27. The van der Waals surface area contributed by atoms with Crippen LogP contribution in [0.15, 0.2) is 59.8 Å². The fraction of sp³-hybridized carbons (Fsp3) is 0.292. The van der Waals surface area contributed by atoms with Crippen LogP contribution in [-0.2, 0) is 6.54 Å². The molecule has 0 spiro atoms. The topological polar surface area (TPSA) is 109 Å². The standard InChI is InChI=1S/C24H25N5O4.H2/c1-3-27-15-19(23(32)33)21(31)18-14-25-24(26-22(18)27)29-11-9-28(10-12-29)16(2)13-20(30)17-7-5-4-6-8-17;/h4-8,14-15H,2-3,9-13H2,1H3,(H,32,33);1H. The summed E-state index contributed by atoms with van der Waals surface area (Å²) in [5, 5.41) is 9.48. The maximum atomic E-state index is 12.5. The quantitative estimate of drug-likeness (QED) is 0.549. The summed E-state index contributed by atoms with van der Waals surface area (Å²) >= 11 is 0. The van der Waals surface area contributed by atoms with Crippen LogP contribution in [0.5, 0.6) is 0 Å². The molecular weight excluding hydrogens is 422 g/mol. The van der Waals surface area contributed by atoms with Crippen molar-refractivity contribution in [2.45, 2.75) is 19.9 Å². The molecule has 0 atom stereocenters. The van der Waals surface area contributed by atoms with Crippen LogP contribution >= 0.6 is 0 Å². The van der Waals surface area contributed by atoms with Gasteiger partial charge in [-0.3, -0.25) is 9.59 Å². The number of ketones is 1. The van der Waals surface area contributed by atoms with Gasteiger partial charge in [0, 0.05) is 57.8 Å². The molecular formula is C24H27N5O4. The molecule has 0 saturated carbocycles. The Morgan fingerprint density at radius 3 is 2.48 bits per heavy atom. The molecule has 1 aromatic carbocycles. The van der Waals surface area contributed by atoms with Crippen LogP contribution in [0.2, 0.25) is 0 Å². The first kappa shape index (κ1) is 22.2. The van der Waals surface area contributed by atoms with Gasteiger partial charge < -0.3 is 19.5 Å². The van der Waals surface area contributed by atoms with Gasteiger partial charge in [-0.1, -0.05) is 36.9 Å². The summed E-state index contributed by atoms with van der Waals surface area (Å²) in [7, 11) is 0. The Bertz CT molecular complexity index is 1280. The van der Waals surface area contributed by atoms with Gasteiger partial charge in [0.25, 0.3) is 0 Å². The number of hydrogen-bond donors (Lipinski definition) is 1. The van der Waals surface area contributed by atoms with Gasteiger partial charge in [0.1, 0.15) is 11.2 Å². The summed E-state index contributed by atoms with van der Waals surface area (Å²) in [6, 6.07) is 9.18. The number of nitrogens with zero attached hydrogens (tertiary/aromatic N) is 5. The van der Waals surface area contributed by atoms with E-state index in [-0.39, 0.29) is 24.6 Å². The number of aryl methyl sites for hydroxylation is 1. The van der Waals surface area contributed by atoms with E-state index >= 15 is 0 Å². The molecule has 1 aliphatic heterocycles. The zero-order valence-corrected chi connectivity index (χ0v) is 18.4. The van der Waals surface area contributed by atoms with E-state index in [9.17, 15) is 19.5 Å². The van der Waals surface area contributed by atoms with E-state index in [1.807, 2.05) is 30.0 Å². The van der Waals surface area contributed by atoms with E-state index in [2.05, 4.69) is 21.4 Å². The van der Waals surface area contributed by atoms with E-state index in [1.165, 1.54) is 12.4 Å². The Morgan fingerprint density at radius 1 is 1.15 bits per heavy atom. The number of hydrogen-bond acceptors (Lipinski definition) is 7. The lowest BCUT2D eigenvalue weighted by Gasteiger charge is -2.37. The van der Waals surface area contributed by atoms with E-state index < -0.39 is 11.4 Å². The van der Waals surface area contributed by atoms with Crippen molar-refractivity contribution in [2.75, 3.05) is 31.1 Å². The number of aromatic nitrogens is 3. The summed E-state index contributed by atoms with van der Waals surface area (Å²) in [6.45, 7) is 9.04. The van der Waals surface area contributed by atoms with E-state index in [0.717, 1.165) is 5.70 Å². The number of allylic oxidation sites excluding steroid dienone is 1. The number of Topliss-reactive ketones (excluding diaryl/α,β-unsaturated/α-hetero) is 1. The van der Waals surface area contributed by atoms with Crippen molar-refractivity contribution in [3.8, 4) is 0 Å². The zero-order chi connectivity index (χ0) is 23.5. The SMILES string of the molecule is C=C(CC(=O)c1ccccc1)N1CCN(c2ncc3c(=O)c(C(=O)O)cn(CC)c3n2)CC1.[HH]. The van der Waals surface area contributed by atoms with Gasteiger partial charge in [-0.05, 0) is 6.92 Å². The monoisotopic (exact) mass is 449 g/mol. The fourth-order valence-corrected chi connectivity index (χ4v) is 3.96. The van der Waals surface area contributed by atoms with Gasteiger partial charge >= 0.3 is 5.97 Å². The number of carbonyl (C=O) groups excluding carboxylic acids is 1. The van der Waals surface area contributed by atoms with Crippen molar-refractivity contribution in [1.82, 2.24) is 19.4 Å². The molecule has 4 rings (SSSR count). The van der Waals surface area contributed by atoms with Gasteiger partial charge in [0.15, 0.2) is 5.78 Å². The first-order valence-electron chi connectivity index (χ1n) is 10.8. The third kappa shape index (κ3) is 4.48. The van der Waals surface area contributed by atoms with Crippen molar-refractivity contribution in [1.29, 1.82) is 0 Å². The Labute approximate surface area is 192 Å². The number of carboxylic acids is 1. The number of carboxylic acid groups (broad SMARTS) is 1. The molecule has 33 heavy (non-hydrogen) atoms. The second-order valence-corrected chi connectivity index (χ2v) is 7.88. The van der Waals surface area contributed by atoms with Crippen LogP contribution in [0.25, 0.3) is 11.0 Å². The van der Waals surface area contributed by atoms with Gasteiger partial charge in [-0.25, -0.2) is 9.78 Å². The number of benzene rings is 1. The number of anilines is 1. The molecule has 9 heteroatoms. The Hall–Kier alpha value is -4.01. The van der Waals surface area contributed by atoms with Crippen LogP contribution in [0.4, 0.5) is 5.95 Å². The van der Waals surface area contributed by atoms with Crippen molar-refractivity contribution < 1.29 is 16.1 Å². The second-order valence-electron chi connectivity index (χ2n) is 7.88. The summed E-state index contributed by atoms with van der Waals surface area (Å²) < 4.78 is 1.65. The third-order valence-corrected chi connectivity index (χ3v) is 5.84. The molecule has 0 bridgehead atoms. The Kier molecular flexibility index (Phi) is 6.21. The van der Waals surface area contributed by atoms with E-state index in [0.29, 0.717) is 49.9 Å². The molecule has 0 amide bonds. The maximum Gasteiger partial charge on any atom is 0.341 e. The highest BCUT2D eigenvalue weighted by Gasteiger charge is 2.23. The first-order chi connectivity index (χ1) is 15.9. The maximum absolute atomic E-state index is 12.5. The molecule has 1 aliphatic rings. The first-order valence-corrected chi connectivity index (χ1v) is 10.8. The molecule has 9 nitrogen and oxygen atoms in total. The highest BCUT2D eigenvalue weighted by Crippen LogP contribution is 2.19. The van der Waals surface area contributed by atoms with Crippen LogP contribution < -0.4 is 10.3 Å². The Morgan fingerprint density at radius 2 is 1.85 bits per heavy atom. The molecule has 0 aliphatic carbocycles. The molecule has 1 N–H and O–H groups in total. The Balaban J connectivity index is 0.00000324. The number of pyridine rings is 1. The predicted octanol–water partition coefficient (Wildman–Crippen LogP) is 2.66. The smallest absolute Gasteiger partial charge is 0.341 e. The van der Waals surface area contributed by atoms with E-state index in [4.69, 9.17) is 0 Å². The predicted molar refractivity (Wildman–Crippen MR) is 127 cm³/mol. The summed E-state index contributed by atoms with van der Waals surface area (Å²) in [6.07, 6.45) is 3.00. The van der Waals surface area contributed by atoms with Gasteiger partial charge in [0.05, 0.1) is 11.8 Å². The van der Waals surface area contributed by atoms with Crippen molar-refractivity contribution >= 4 is 28.7 Å². The normalized spacial score (nSPS) is 13.8. The lowest BCUT2D eigenvalue weighted by Crippen LogP contribution is -2.46. The number of aromatic carboxylic acids is 1. The zero-order valence-electron chi connectivity index (χ0n) is 18.4. The molecule has 2 aromatic heterocycles. The largest absolute Gasteiger partial charge is 0.477 e. The van der Waals surface area contributed by atoms with Crippen molar-refractivity contribution in [3.05, 3.63) is 76.4 Å². The second kappa shape index (κ2) is 9.23. The highest BCUT2D eigenvalue weighted by atomic mass is 16.4. The third-order valence-electron chi connectivity index (χ3n) is 5.84. The van der Waals surface area contributed by atoms with Crippen LogP contribution in [0.3, 0.4) is 0 Å². The van der Waals surface area contributed by atoms with Crippen molar-refractivity contribution in [3.63, 3.8) is 0 Å². The lowest BCUT2D eigenvalue weighted by atomic mass is 10.1. The summed E-state index contributed by atoms with van der Waals surface area (Å²) in [4.78, 5) is 49.4. The molecule has 3 aromatic rings. The molecule has 0 unspecified atom stereocenters. The minimum absolute atomic E-state index is 0. The van der Waals surface area contributed by atoms with Gasteiger partial charge in [0.2, 0.25) is 11.4 Å². The number of fused-ring (bicyclic) bond motifs is 1. The number of rotatable bonds is 7. The minimum Gasteiger partial charge on any atom is -0.477 e. The highest BCUT2D eigenvalue weighted by molar-refractivity contribution is 5.97. The molecule has 1 fully saturated rings. The van der Waals surface area contributed by atoms with Crippen LogP contribution in [0.1, 0.15) is 35.5 Å². The van der Waals surface area contributed by atoms with Crippen LogP contribution in [-0.4, -0.2) is 62.5 Å². The number of carbonyl (C=O) groups is 2. The average molecular weight is 450 g/mol. The van der Waals surface area contributed by atoms with E-state index in [1.54, 1.807) is 16.7 Å². The fourth-order valence-electron chi connectivity index (χ4n) is 3.96. The lowest BCUT2D eigenvalue weighted by molar-refractivity contribution is 0.0694. The number of piperazine rings is 1. The summed E-state index contributed by atoms with van der Waals surface area (Å²) in [5.41, 5.74) is 0.993.